The molecule has 4 atom stereocenters. The van der Waals surface area contributed by atoms with E-state index in [1.165, 1.54) is 11.1 Å². The monoisotopic (exact) mass is 314 g/mol. The number of rotatable bonds is 1. The number of ether oxygens (including phenoxy) is 1. The molecule has 1 aromatic rings. The van der Waals surface area contributed by atoms with Crippen LogP contribution in [0.4, 0.5) is 0 Å². The molecule has 23 heavy (non-hydrogen) atoms. The van der Waals surface area contributed by atoms with Crippen molar-refractivity contribution < 1.29 is 14.9 Å². The van der Waals surface area contributed by atoms with Crippen LogP contribution in [0.25, 0.3) is 0 Å². The number of aryl methyl sites for hydroxylation is 1. The van der Waals surface area contributed by atoms with E-state index in [1.54, 1.807) is 0 Å². The highest BCUT2D eigenvalue weighted by atomic mass is 16.5. The van der Waals surface area contributed by atoms with Crippen LogP contribution in [0.15, 0.2) is 18.2 Å². The first-order valence-electron chi connectivity index (χ1n) is 9.11. The molecule has 1 spiro atoms. The molecule has 0 amide bonds. The second-order valence-electron chi connectivity index (χ2n) is 8.19. The number of benzene rings is 1. The lowest BCUT2D eigenvalue weighted by atomic mass is 9.41. The molecule has 1 saturated carbocycles. The third kappa shape index (κ3) is 2.04. The first-order chi connectivity index (χ1) is 10.9. The highest BCUT2D eigenvalue weighted by Gasteiger charge is 2.62. The first kappa shape index (κ1) is 15.5. The van der Waals surface area contributed by atoms with Gasteiger partial charge in [-0.25, -0.2) is 0 Å². The Kier molecular flexibility index (Phi) is 3.38. The van der Waals surface area contributed by atoms with Crippen molar-refractivity contribution in [2.45, 2.75) is 68.8 Å². The molecule has 1 aromatic carbocycles. The van der Waals surface area contributed by atoms with E-state index in [2.05, 4.69) is 13.0 Å². The van der Waals surface area contributed by atoms with Crippen LogP contribution < -0.4 is 0 Å². The van der Waals surface area contributed by atoms with E-state index in [-0.39, 0.29) is 10.9 Å². The molecule has 1 aliphatic heterocycles. The smallest absolute Gasteiger partial charge is 0.167 e. The van der Waals surface area contributed by atoms with Crippen molar-refractivity contribution in [3.8, 4) is 5.75 Å². The van der Waals surface area contributed by atoms with Crippen LogP contribution in [0, 0.1) is 5.92 Å². The van der Waals surface area contributed by atoms with Gasteiger partial charge in [0.2, 0.25) is 0 Å². The summed E-state index contributed by atoms with van der Waals surface area (Å²) in [6, 6.07) is 5.84. The zero-order valence-electron chi connectivity index (χ0n) is 14.3. The predicted molar refractivity (Wildman–Crippen MR) is 92.4 cm³/mol. The molecule has 4 rings (SSSR count). The molecule has 2 fully saturated rings. The van der Waals surface area contributed by atoms with Gasteiger partial charge in [-0.2, -0.15) is 0 Å². The number of phenolic OH excluding ortho intramolecular Hbond substituents is 1. The Labute approximate surface area is 139 Å². The molecule has 1 unspecified atom stereocenters. The van der Waals surface area contributed by atoms with Gasteiger partial charge in [-0.05, 0) is 68.2 Å². The Morgan fingerprint density at radius 3 is 2.91 bits per heavy atom. The number of hydrogen-bond donors (Lipinski definition) is 2. The lowest BCUT2D eigenvalue weighted by molar-refractivity contribution is -0.172. The molecule has 2 N–H and O–H groups in total. The molecule has 0 bridgehead atoms. The lowest BCUT2D eigenvalue weighted by Gasteiger charge is -2.59. The van der Waals surface area contributed by atoms with Crippen LogP contribution in [-0.2, 0) is 16.6 Å². The zero-order chi connectivity index (χ0) is 16.3. The Bertz CT molecular complexity index is 621. The van der Waals surface area contributed by atoms with Crippen LogP contribution in [0.5, 0.6) is 5.75 Å². The summed E-state index contributed by atoms with van der Waals surface area (Å²) in [7, 11) is 0.985. The van der Waals surface area contributed by atoms with Crippen molar-refractivity contribution in [3.05, 3.63) is 29.3 Å². The summed E-state index contributed by atoms with van der Waals surface area (Å²) in [5, 5.41) is 21.2. The highest BCUT2D eigenvalue weighted by molar-refractivity contribution is 6.41. The lowest BCUT2D eigenvalue weighted by Crippen LogP contribution is -2.65. The van der Waals surface area contributed by atoms with Gasteiger partial charge in [-0.1, -0.05) is 19.3 Å². The van der Waals surface area contributed by atoms with E-state index in [9.17, 15) is 10.2 Å². The summed E-state index contributed by atoms with van der Waals surface area (Å²) in [6.07, 6.45) is 5.97. The Morgan fingerprint density at radius 2 is 2.22 bits per heavy atom. The third-order valence-corrected chi connectivity index (χ3v) is 7.12. The second kappa shape index (κ2) is 5.00. The second-order valence-corrected chi connectivity index (χ2v) is 8.19. The molecule has 3 nitrogen and oxygen atoms in total. The zero-order valence-corrected chi connectivity index (χ0v) is 14.3. The van der Waals surface area contributed by atoms with E-state index in [0.717, 1.165) is 52.3 Å². The minimum Gasteiger partial charge on any atom is -0.508 e. The minimum absolute atomic E-state index is 0.0159. The fourth-order valence-electron chi connectivity index (χ4n) is 5.92. The minimum atomic E-state index is -0.789. The van der Waals surface area contributed by atoms with Gasteiger partial charge in [-0.15, -0.1) is 0 Å². The Hall–Kier alpha value is -0.995. The number of aromatic hydroxyl groups is 1. The van der Waals surface area contributed by atoms with Crippen LogP contribution in [0.1, 0.15) is 50.7 Å². The van der Waals surface area contributed by atoms with E-state index in [4.69, 9.17) is 4.74 Å². The molecule has 0 radical (unpaired) electrons. The SMILES string of the molecule is CC[C@@]12C[C@@](C)(O)C3(BCCO3)C[C@H]1CCc1cc(O)ccc12. The summed E-state index contributed by atoms with van der Waals surface area (Å²) < 4.78 is 6.15. The van der Waals surface area contributed by atoms with Gasteiger partial charge in [0.05, 0.1) is 11.1 Å². The van der Waals surface area contributed by atoms with Crippen molar-refractivity contribution in [2.75, 3.05) is 6.61 Å². The van der Waals surface area contributed by atoms with E-state index in [0.29, 0.717) is 11.7 Å². The van der Waals surface area contributed by atoms with Gasteiger partial charge >= 0.3 is 0 Å². The van der Waals surface area contributed by atoms with Gasteiger partial charge in [0, 0.05) is 12.0 Å². The van der Waals surface area contributed by atoms with E-state index < -0.39 is 5.60 Å². The van der Waals surface area contributed by atoms with Crippen molar-refractivity contribution in [2.24, 2.45) is 5.92 Å². The number of hydrogen-bond acceptors (Lipinski definition) is 3. The Morgan fingerprint density at radius 1 is 1.39 bits per heavy atom. The van der Waals surface area contributed by atoms with Crippen molar-refractivity contribution in [1.82, 2.24) is 0 Å². The highest BCUT2D eigenvalue weighted by Crippen LogP contribution is 2.59. The Balaban J connectivity index is 1.81. The van der Waals surface area contributed by atoms with Crippen molar-refractivity contribution >= 4 is 7.28 Å². The summed E-state index contributed by atoms with van der Waals surface area (Å²) >= 11 is 0. The van der Waals surface area contributed by atoms with E-state index in [1.807, 2.05) is 19.1 Å². The van der Waals surface area contributed by atoms with Gasteiger partial charge in [0.15, 0.2) is 7.28 Å². The van der Waals surface area contributed by atoms with Gasteiger partial charge in [0.25, 0.3) is 0 Å². The topological polar surface area (TPSA) is 49.7 Å². The standard InChI is InChI=1S/C19H27BO3/c1-3-18-12-17(2,22)19(20-8-9-23-19)11-14(18)5-4-13-10-15(21)6-7-16(13)18/h6-7,10,14,20-22H,3-5,8-9,11-12H2,1-2H3/t14-,17-,18-,19?/m1/s1. The molecule has 3 aliphatic rings. The molecule has 1 heterocycles. The number of fused-ring (bicyclic) bond motifs is 3. The summed E-state index contributed by atoms with van der Waals surface area (Å²) in [4.78, 5) is 0. The molecule has 2 aliphatic carbocycles. The molecule has 1 saturated heterocycles. The van der Waals surface area contributed by atoms with Gasteiger partial charge in [0.1, 0.15) is 5.75 Å². The summed E-state index contributed by atoms with van der Waals surface area (Å²) in [5.41, 5.74) is 1.50. The maximum Gasteiger partial charge on any atom is 0.167 e. The number of phenols is 1. The van der Waals surface area contributed by atoms with Crippen LogP contribution in [0.3, 0.4) is 0 Å². The van der Waals surface area contributed by atoms with Gasteiger partial charge < -0.3 is 14.9 Å². The third-order valence-electron chi connectivity index (χ3n) is 7.12. The van der Waals surface area contributed by atoms with Crippen molar-refractivity contribution in [1.29, 1.82) is 0 Å². The van der Waals surface area contributed by atoms with E-state index >= 15 is 0 Å². The maximum absolute atomic E-state index is 11.4. The molecular formula is C19H27BO3. The fraction of sp³-hybridized carbons (Fsp3) is 0.684. The van der Waals surface area contributed by atoms with Crippen LogP contribution in [0.2, 0.25) is 6.32 Å². The normalized spacial score (nSPS) is 42.1. The predicted octanol–water partition coefficient (Wildman–Crippen LogP) is 2.73. The van der Waals surface area contributed by atoms with Crippen molar-refractivity contribution in [3.63, 3.8) is 0 Å². The quantitative estimate of drug-likeness (QED) is 0.784. The molecule has 4 heteroatoms. The average molecular weight is 314 g/mol. The molecular weight excluding hydrogens is 287 g/mol. The largest absolute Gasteiger partial charge is 0.508 e. The molecule has 124 valence electrons. The number of aliphatic hydroxyl groups is 1. The average Bonchev–Trinajstić information content (AvgIpc) is 2.98. The molecule has 0 aromatic heterocycles. The summed E-state index contributed by atoms with van der Waals surface area (Å²) in [6.45, 7) is 5.02. The summed E-state index contributed by atoms with van der Waals surface area (Å²) in [5.74, 6) is 0.912. The van der Waals surface area contributed by atoms with Crippen LogP contribution >= 0.6 is 0 Å². The first-order valence-corrected chi connectivity index (χ1v) is 9.11. The maximum atomic E-state index is 11.4. The fourth-order valence-corrected chi connectivity index (χ4v) is 5.92. The van der Waals surface area contributed by atoms with Crippen LogP contribution in [-0.4, -0.2) is 35.2 Å². The van der Waals surface area contributed by atoms with Gasteiger partial charge in [-0.3, -0.25) is 0 Å².